The molecule has 114 valence electrons. The van der Waals surface area contributed by atoms with E-state index in [9.17, 15) is 4.79 Å². The van der Waals surface area contributed by atoms with Gasteiger partial charge in [-0.2, -0.15) is 0 Å². The van der Waals surface area contributed by atoms with Crippen molar-refractivity contribution in [3.8, 4) is 0 Å². The average molecular weight is 288 g/mol. The van der Waals surface area contributed by atoms with Crippen molar-refractivity contribution in [2.75, 3.05) is 0 Å². The van der Waals surface area contributed by atoms with E-state index in [0.717, 1.165) is 25.7 Å². The molecular weight excluding hydrogens is 264 g/mol. The van der Waals surface area contributed by atoms with Gasteiger partial charge in [0.05, 0.1) is 0 Å². The second kappa shape index (κ2) is 5.32. The summed E-state index contributed by atoms with van der Waals surface area (Å²) in [4.78, 5) is 18.9. The van der Waals surface area contributed by atoms with Crippen LogP contribution in [0.1, 0.15) is 58.1 Å². The molecule has 0 N–H and O–H groups in total. The van der Waals surface area contributed by atoms with E-state index in [1.54, 1.807) is 0 Å². The first-order valence-electron chi connectivity index (χ1n) is 7.86. The fourth-order valence-electron chi connectivity index (χ4n) is 3.65. The van der Waals surface area contributed by atoms with Gasteiger partial charge < -0.3 is 9.64 Å². The van der Waals surface area contributed by atoms with E-state index in [2.05, 4.69) is 11.1 Å². The van der Waals surface area contributed by atoms with Gasteiger partial charge in [0.2, 0.25) is 0 Å². The maximum Gasteiger partial charge on any atom is 0.410 e. The summed E-state index contributed by atoms with van der Waals surface area (Å²) in [5, 5.41) is 0. The molecule has 1 aromatic rings. The normalized spacial score (nSPS) is 28.5. The van der Waals surface area contributed by atoms with Crippen LogP contribution in [0.3, 0.4) is 0 Å². The first-order valence-corrected chi connectivity index (χ1v) is 7.86. The number of amides is 1. The van der Waals surface area contributed by atoms with E-state index >= 15 is 0 Å². The Kier molecular flexibility index (Phi) is 3.64. The number of carbonyl (C=O) groups is 1. The number of hydrogen-bond donors (Lipinski definition) is 0. The molecule has 0 aromatic carbocycles. The Morgan fingerprint density at radius 2 is 1.90 bits per heavy atom. The molecule has 2 bridgehead atoms. The highest BCUT2D eigenvalue weighted by Gasteiger charge is 2.45. The molecule has 1 aromatic heterocycles. The quantitative estimate of drug-likeness (QED) is 0.791. The zero-order valence-electron chi connectivity index (χ0n) is 13.1. The van der Waals surface area contributed by atoms with Gasteiger partial charge in [-0.1, -0.05) is 6.07 Å². The van der Waals surface area contributed by atoms with Gasteiger partial charge in [0.25, 0.3) is 0 Å². The smallest absolute Gasteiger partial charge is 0.410 e. The van der Waals surface area contributed by atoms with Gasteiger partial charge in [-0.25, -0.2) is 4.79 Å². The lowest BCUT2D eigenvalue weighted by molar-refractivity contribution is 0.00570. The van der Waals surface area contributed by atoms with Crippen molar-refractivity contribution in [2.45, 2.75) is 70.1 Å². The first kappa shape index (κ1) is 14.4. The van der Waals surface area contributed by atoms with Gasteiger partial charge in [0.1, 0.15) is 5.60 Å². The number of ether oxygens (including phenoxy) is 1. The van der Waals surface area contributed by atoms with Gasteiger partial charge in [-0.15, -0.1) is 0 Å². The molecule has 0 radical (unpaired) electrons. The number of pyridine rings is 1. The lowest BCUT2D eigenvalue weighted by atomic mass is 9.88. The fraction of sp³-hybridized carbons (Fsp3) is 0.647. The van der Waals surface area contributed by atoms with Crippen molar-refractivity contribution in [3.63, 3.8) is 0 Å². The molecule has 2 unspecified atom stereocenters. The summed E-state index contributed by atoms with van der Waals surface area (Å²) in [5.74, 6) is 0.474. The Balaban J connectivity index is 1.71. The SMILES string of the molecule is CC(C)(C)OC(=O)N1C2CCC1CC(c1ccccn1)C2. The Morgan fingerprint density at radius 1 is 1.24 bits per heavy atom. The van der Waals surface area contributed by atoms with Crippen LogP contribution in [-0.4, -0.2) is 33.7 Å². The molecule has 3 rings (SSSR count). The van der Waals surface area contributed by atoms with Crippen LogP contribution in [0.5, 0.6) is 0 Å². The summed E-state index contributed by atoms with van der Waals surface area (Å²) in [6, 6.07) is 6.72. The Bertz CT molecular complexity index is 495. The molecule has 2 aliphatic heterocycles. The lowest BCUT2D eigenvalue weighted by Crippen LogP contribution is -2.48. The van der Waals surface area contributed by atoms with Crippen molar-refractivity contribution in [1.82, 2.24) is 9.88 Å². The number of nitrogens with zero attached hydrogens (tertiary/aromatic N) is 2. The van der Waals surface area contributed by atoms with E-state index in [4.69, 9.17) is 4.74 Å². The number of hydrogen-bond acceptors (Lipinski definition) is 3. The molecule has 2 fully saturated rings. The topological polar surface area (TPSA) is 42.4 Å². The molecule has 4 nitrogen and oxygen atoms in total. The number of carbonyl (C=O) groups excluding carboxylic acids is 1. The van der Waals surface area contributed by atoms with Crippen molar-refractivity contribution < 1.29 is 9.53 Å². The van der Waals surface area contributed by atoms with Crippen molar-refractivity contribution in [1.29, 1.82) is 0 Å². The summed E-state index contributed by atoms with van der Waals surface area (Å²) < 4.78 is 5.57. The molecule has 0 saturated carbocycles. The number of aromatic nitrogens is 1. The molecule has 4 heteroatoms. The summed E-state index contributed by atoms with van der Waals surface area (Å²) in [6.07, 6.45) is 5.91. The van der Waals surface area contributed by atoms with E-state index in [0.29, 0.717) is 18.0 Å². The van der Waals surface area contributed by atoms with E-state index in [-0.39, 0.29) is 6.09 Å². The zero-order valence-corrected chi connectivity index (χ0v) is 13.1. The van der Waals surface area contributed by atoms with Gasteiger partial charge in [0.15, 0.2) is 0 Å². The number of piperidine rings is 1. The van der Waals surface area contributed by atoms with Crippen LogP contribution in [0.4, 0.5) is 4.79 Å². The average Bonchev–Trinajstić information content (AvgIpc) is 2.69. The largest absolute Gasteiger partial charge is 0.444 e. The highest BCUT2D eigenvalue weighted by Crippen LogP contribution is 2.43. The number of fused-ring (bicyclic) bond motifs is 2. The molecule has 3 heterocycles. The van der Waals surface area contributed by atoms with Gasteiger partial charge in [-0.05, 0) is 58.6 Å². The van der Waals surface area contributed by atoms with Crippen LogP contribution in [0.15, 0.2) is 24.4 Å². The van der Waals surface area contributed by atoms with Gasteiger partial charge in [0, 0.05) is 29.9 Å². The van der Waals surface area contributed by atoms with Crippen LogP contribution in [-0.2, 0) is 4.74 Å². The zero-order chi connectivity index (χ0) is 15.0. The minimum absolute atomic E-state index is 0.144. The Hall–Kier alpha value is -1.58. The third kappa shape index (κ3) is 3.04. The van der Waals surface area contributed by atoms with E-state index in [1.165, 1.54) is 5.69 Å². The molecule has 0 aliphatic carbocycles. The highest BCUT2D eigenvalue weighted by molar-refractivity contribution is 5.69. The minimum atomic E-state index is -0.422. The Labute approximate surface area is 126 Å². The molecule has 2 aliphatic rings. The molecule has 2 atom stereocenters. The lowest BCUT2D eigenvalue weighted by Gasteiger charge is -2.39. The summed E-state index contributed by atoms with van der Waals surface area (Å²) >= 11 is 0. The fourth-order valence-corrected chi connectivity index (χ4v) is 3.65. The van der Waals surface area contributed by atoms with E-state index in [1.807, 2.05) is 44.0 Å². The monoisotopic (exact) mass is 288 g/mol. The Morgan fingerprint density at radius 3 is 2.43 bits per heavy atom. The van der Waals surface area contributed by atoms with Crippen LogP contribution in [0, 0.1) is 0 Å². The summed E-state index contributed by atoms with van der Waals surface area (Å²) in [6.45, 7) is 5.77. The van der Waals surface area contributed by atoms with Crippen molar-refractivity contribution in [2.24, 2.45) is 0 Å². The highest BCUT2D eigenvalue weighted by atomic mass is 16.6. The molecule has 21 heavy (non-hydrogen) atoms. The van der Waals surface area contributed by atoms with Gasteiger partial charge in [-0.3, -0.25) is 4.98 Å². The predicted molar refractivity (Wildman–Crippen MR) is 81.1 cm³/mol. The molecular formula is C17H24N2O2. The second-order valence-electron chi connectivity index (χ2n) is 7.20. The second-order valence-corrected chi connectivity index (χ2v) is 7.20. The van der Waals surface area contributed by atoms with Crippen LogP contribution in [0.25, 0.3) is 0 Å². The van der Waals surface area contributed by atoms with Crippen molar-refractivity contribution in [3.05, 3.63) is 30.1 Å². The molecule has 2 saturated heterocycles. The van der Waals surface area contributed by atoms with E-state index < -0.39 is 5.60 Å². The molecule has 1 amide bonds. The van der Waals surface area contributed by atoms with Gasteiger partial charge >= 0.3 is 6.09 Å². The maximum absolute atomic E-state index is 12.4. The molecule has 0 spiro atoms. The number of rotatable bonds is 1. The summed E-state index contributed by atoms with van der Waals surface area (Å²) in [7, 11) is 0. The predicted octanol–water partition coefficient (Wildman–Crippen LogP) is 3.73. The van der Waals surface area contributed by atoms with Crippen molar-refractivity contribution >= 4 is 6.09 Å². The third-order valence-corrected chi connectivity index (χ3v) is 4.44. The van der Waals surface area contributed by atoms with Crippen LogP contribution in [0.2, 0.25) is 0 Å². The maximum atomic E-state index is 12.4. The minimum Gasteiger partial charge on any atom is -0.444 e. The standard InChI is InChI=1S/C17H24N2O2/c1-17(2,3)21-16(20)19-13-7-8-14(19)11-12(10-13)15-6-4-5-9-18-15/h4-6,9,12-14H,7-8,10-11H2,1-3H3. The first-order chi connectivity index (χ1) is 9.94. The summed E-state index contributed by atoms with van der Waals surface area (Å²) in [5.41, 5.74) is 0.743. The van der Waals surface area contributed by atoms with Crippen LogP contribution >= 0.6 is 0 Å². The van der Waals surface area contributed by atoms with Crippen LogP contribution < -0.4 is 0 Å². The third-order valence-electron chi connectivity index (χ3n) is 4.44.